The van der Waals surface area contributed by atoms with E-state index >= 15 is 0 Å². The summed E-state index contributed by atoms with van der Waals surface area (Å²) in [4.78, 5) is 0. The van der Waals surface area contributed by atoms with Gasteiger partial charge in [-0.05, 0) is 18.2 Å². The number of halogens is 2. The Labute approximate surface area is 164 Å². The van der Waals surface area contributed by atoms with Crippen LogP contribution in [-0.2, 0) is 5.75 Å². The van der Waals surface area contributed by atoms with E-state index in [4.69, 9.17) is 15.3 Å². The minimum absolute atomic E-state index is 0.116. The van der Waals surface area contributed by atoms with Crippen LogP contribution in [0.3, 0.4) is 0 Å². The van der Waals surface area contributed by atoms with E-state index in [2.05, 4.69) is 14.9 Å². The van der Waals surface area contributed by atoms with Crippen LogP contribution in [0.1, 0.15) is 5.56 Å². The number of hydrogen-bond acceptors (Lipinski definition) is 7. The summed E-state index contributed by atoms with van der Waals surface area (Å²) in [5.74, 6) is 8.16. The summed E-state index contributed by atoms with van der Waals surface area (Å²) >= 11 is 1.25. The van der Waals surface area contributed by atoms with Crippen molar-refractivity contribution in [2.24, 2.45) is 0 Å². The molecule has 0 aliphatic rings. The van der Waals surface area contributed by atoms with Crippen LogP contribution in [0.25, 0.3) is 11.4 Å². The second-order valence-corrected chi connectivity index (χ2v) is 6.46. The van der Waals surface area contributed by atoms with Gasteiger partial charge in [-0.3, -0.25) is 0 Å². The molecule has 0 bridgehead atoms. The van der Waals surface area contributed by atoms with Gasteiger partial charge < -0.3 is 20.1 Å². The quantitative estimate of drug-likeness (QED) is 0.451. The Morgan fingerprint density at radius 2 is 1.86 bits per heavy atom. The van der Waals surface area contributed by atoms with Gasteiger partial charge in [0.2, 0.25) is 5.16 Å². The molecule has 0 aliphatic carbocycles. The Bertz CT molecular complexity index is 952. The molecule has 0 saturated heterocycles. The molecule has 0 unspecified atom stereocenters. The van der Waals surface area contributed by atoms with Gasteiger partial charge in [-0.1, -0.05) is 30.0 Å². The number of para-hydroxylation sites is 1. The van der Waals surface area contributed by atoms with Crippen LogP contribution >= 0.6 is 11.8 Å². The molecule has 0 amide bonds. The second kappa shape index (κ2) is 8.79. The van der Waals surface area contributed by atoms with Crippen LogP contribution in [0.15, 0.2) is 47.6 Å². The van der Waals surface area contributed by atoms with E-state index < -0.39 is 6.61 Å². The van der Waals surface area contributed by atoms with Crippen molar-refractivity contribution in [3.8, 4) is 28.6 Å². The van der Waals surface area contributed by atoms with Gasteiger partial charge in [0.05, 0.1) is 19.8 Å². The van der Waals surface area contributed by atoms with E-state index in [1.54, 1.807) is 43.5 Å². The van der Waals surface area contributed by atoms with Gasteiger partial charge in [-0.2, -0.15) is 8.78 Å². The summed E-state index contributed by atoms with van der Waals surface area (Å²) in [6.45, 7) is -2.89. The molecular weight excluding hydrogens is 390 g/mol. The topological polar surface area (TPSA) is 84.4 Å². The molecule has 0 fully saturated rings. The minimum atomic E-state index is -2.89. The van der Waals surface area contributed by atoms with Crippen LogP contribution in [0, 0.1) is 0 Å². The highest BCUT2D eigenvalue weighted by Gasteiger charge is 2.18. The van der Waals surface area contributed by atoms with Crippen LogP contribution in [0.5, 0.6) is 17.2 Å². The molecule has 28 heavy (non-hydrogen) atoms. The van der Waals surface area contributed by atoms with Gasteiger partial charge in [0, 0.05) is 17.4 Å². The van der Waals surface area contributed by atoms with Crippen LogP contribution in [0.4, 0.5) is 8.78 Å². The van der Waals surface area contributed by atoms with Gasteiger partial charge in [0.15, 0.2) is 5.82 Å². The van der Waals surface area contributed by atoms with Gasteiger partial charge >= 0.3 is 6.61 Å². The molecule has 148 valence electrons. The van der Waals surface area contributed by atoms with E-state index in [-0.39, 0.29) is 5.75 Å². The molecule has 0 saturated carbocycles. The highest BCUT2D eigenvalue weighted by molar-refractivity contribution is 7.98. The highest BCUT2D eigenvalue weighted by Crippen LogP contribution is 2.34. The first kappa shape index (κ1) is 19.7. The maximum absolute atomic E-state index is 12.5. The molecule has 2 N–H and O–H groups in total. The molecule has 0 radical (unpaired) electrons. The zero-order chi connectivity index (χ0) is 20.1. The summed E-state index contributed by atoms with van der Waals surface area (Å²) in [6, 6.07) is 11.8. The third-order valence-corrected chi connectivity index (χ3v) is 4.85. The molecule has 3 aromatic rings. The fraction of sp³-hybridized carbons (Fsp3) is 0.222. The van der Waals surface area contributed by atoms with Gasteiger partial charge in [0.1, 0.15) is 17.2 Å². The van der Waals surface area contributed by atoms with Crippen LogP contribution in [0.2, 0.25) is 0 Å². The normalized spacial score (nSPS) is 10.9. The first-order chi connectivity index (χ1) is 13.5. The molecule has 0 aliphatic heterocycles. The maximum atomic E-state index is 12.5. The Hall–Kier alpha value is -3.01. The number of nitrogens with zero attached hydrogens (tertiary/aromatic N) is 3. The van der Waals surface area contributed by atoms with E-state index in [0.717, 1.165) is 0 Å². The van der Waals surface area contributed by atoms with E-state index in [9.17, 15) is 8.78 Å². The molecule has 7 nitrogen and oxygen atoms in total. The Morgan fingerprint density at radius 1 is 1.07 bits per heavy atom. The number of hydrogen-bond donors (Lipinski definition) is 1. The van der Waals surface area contributed by atoms with Gasteiger partial charge in [-0.15, -0.1) is 10.2 Å². The number of nitrogens with two attached hydrogens (primary N) is 1. The fourth-order valence-corrected chi connectivity index (χ4v) is 3.37. The predicted molar refractivity (Wildman–Crippen MR) is 101 cm³/mol. The molecule has 1 aromatic heterocycles. The van der Waals surface area contributed by atoms with Crippen molar-refractivity contribution >= 4 is 11.8 Å². The first-order valence-corrected chi connectivity index (χ1v) is 9.10. The van der Waals surface area contributed by atoms with Crippen LogP contribution < -0.4 is 20.1 Å². The largest absolute Gasteiger partial charge is 0.497 e. The average Bonchev–Trinajstić information content (AvgIpc) is 3.06. The molecule has 0 spiro atoms. The molecule has 0 atom stereocenters. The van der Waals surface area contributed by atoms with Crippen molar-refractivity contribution in [2.75, 3.05) is 20.1 Å². The standard InChI is InChI=1S/C18H18F2N4O3S/c1-25-12-7-8-13(15(9-12)26-2)16-22-23-18(24(16)21)28-10-11-5-3-4-6-14(11)27-17(19)20/h3-9,17H,10,21H2,1-2H3. The van der Waals surface area contributed by atoms with Gasteiger partial charge in [-0.25, -0.2) is 4.68 Å². The van der Waals surface area contributed by atoms with E-state index in [0.29, 0.717) is 39.4 Å². The summed E-state index contributed by atoms with van der Waals surface area (Å²) in [7, 11) is 3.09. The number of nitrogen functional groups attached to an aromatic ring is 1. The molecular formula is C18H18F2N4O3S. The highest BCUT2D eigenvalue weighted by atomic mass is 32.2. The summed E-state index contributed by atoms with van der Waals surface area (Å²) in [5, 5.41) is 8.64. The lowest BCUT2D eigenvalue weighted by Crippen LogP contribution is -2.12. The fourth-order valence-electron chi connectivity index (χ4n) is 2.52. The third-order valence-electron chi connectivity index (χ3n) is 3.86. The number of ether oxygens (including phenoxy) is 3. The molecule has 10 heteroatoms. The van der Waals surface area contributed by atoms with Gasteiger partial charge in [0.25, 0.3) is 0 Å². The van der Waals surface area contributed by atoms with Crippen LogP contribution in [-0.4, -0.2) is 35.7 Å². The van der Waals surface area contributed by atoms with Crippen molar-refractivity contribution in [2.45, 2.75) is 17.5 Å². The third kappa shape index (κ3) is 4.28. The molecule has 1 heterocycles. The monoisotopic (exact) mass is 408 g/mol. The van der Waals surface area contributed by atoms with Crippen molar-refractivity contribution in [3.05, 3.63) is 48.0 Å². The summed E-state index contributed by atoms with van der Waals surface area (Å²) in [5.41, 5.74) is 1.24. The van der Waals surface area contributed by atoms with E-state index in [1.165, 1.54) is 29.6 Å². The zero-order valence-electron chi connectivity index (χ0n) is 15.1. The lowest BCUT2D eigenvalue weighted by atomic mass is 10.2. The smallest absolute Gasteiger partial charge is 0.387 e. The minimum Gasteiger partial charge on any atom is -0.497 e. The molecule has 3 rings (SSSR count). The van der Waals surface area contributed by atoms with E-state index in [1.807, 2.05) is 0 Å². The Morgan fingerprint density at radius 3 is 2.57 bits per heavy atom. The number of benzene rings is 2. The number of methoxy groups -OCH3 is 2. The number of thioether (sulfide) groups is 1. The number of aromatic nitrogens is 3. The number of alkyl halides is 2. The first-order valence-electron chi connectivity index (χ1n) is 8.12. The summed E-state index contributed by atoms with van der Waals surface area (Å²) < 4.78 is 41.5. The number of rotatable bonds is 8. The Kier molecular flexibility index (Phi) is 6.19. The lowest BCUT2D eigenvalue weighted by molar-refractivity contribution is -0.0503. The summed E-state index contributed by atoms with van der Waals surface area (Å²) in [6.07, 6.45) is 0. The zero-order valence-corrected chi connectivity index (χ0v) is 16.0. The van der Waals surface area contributed by atoms with Crippen molar-refractivity contribution < 1.29 is 23.0 Å². The molecule has 2 aromatic carbocycles. The maximum Gasteiger partial charge on any atom is 0.387 e. The van der Waals surface area contributed by atoms with Crippen molar-refractivity contribution in [3.63, 3.8) is 0 Å². The SMILES string of the molecule is COc1ccc(-c2nnc(SCc3ccccc3OC(F)F)n2N)c(OC)c1. The van der Waals surface area contributed by atoms with Crippen molar-refractivity contribution in [1.29, 1.82) is 0 Å². The Balaban J connectivity index is 1.82. The van der Waals surface area contributed by atoms with Crippen molar-refractivity contribution in [1.82, 2.24) is 14.9 Å². The predicted octanol–water partition coefficient (Wildman–Crippen LogP) is 3.57. The average molecular weight is 408 g/mol. The lowest BCUT2D eigenvalue weighted by Gasteiger charge is -2.11. The second-order valence-electron chi connectivity index (χ2n) is 5.52.